The van der Waals surface area contributed by atoms with Crippen molar-refractivity contribution < 1.29 is 14.3 Å². The molecule has 0 saturated carbocycles. The van der Waals surface area contributed by atoms with Crippen molar-refractivity contribution in [2.75, 3.05) is 25.3 Å². The van der Waals surface area contributed by atoms with E-state index in [1.54, 1.807) is 32.4 Å². The minimum Gasteiger partial charge on any atom is -0.497 e. The first-order valence-electron chi connectivity index (χ1n) is 10.5. The van der Waals surface area contributed by atoms with Gasteiger partial charge >= 0.3 is 0 Å². The monoisotopic (exact) mass is 494 g/mol. The van der Waals surface area contributed by atoms with E-state index in [1.165, 1.54) is 11.8 Å². The molecule has 7 nitrogen and oxygen atoms in total. The van der Waals surface area contributed by atoms with Gasteiger partial charge in [0.05, 0.1) is 25.7 Å². The van der Waals surface area contributed by atoms with Gasteiger partial charge in [0.15, 0.2) is 5.16 Å². The van der Waals surface area contributed by atoms with Crippen LogP contribution in [0.15, 0.2) is 78.0 Å². The van der Waals surface area contributed by atoms with Crippen molar-refractivity contribution in [1.82, 2.24) is 14.8 Å². The minimum atomic E-state index is -0.202. The van der Waals surface area contributed by atoms with Gasteiger partial charge in [0.25, 0.3) is 0 Å². The molecule has 0 fully saturated rings. The van der Waals surface area contributed by atoms with Crippen molar-refractivity contribution in [3.8, 4) is 17.2 Å². The fourth-order valence-electron chi connectivity index (χ4n) is 3.36. The third-order valence-electron chi connectivity index (χ3n) is 5.00. The summed E-state index contributed by atoms with van der Waals surface area (Å²) in [4.78, 5) is 12.7. The predicted molar refractivity (Wildman–Crippen MR) is 135 cm³/mol. The van der Waals surface area contributed by atoms with Gasteiger partial charge in [-0.2, -0.15) is 0 Å². The van der Waals surface area contributed by atoms with Gasteiger partial charge in [0, 0.05) is 23.2 Å². The highest BCUT2D eigenvalue weighted by Crippen LogP contribution is 2.30. The first-order chi connectivity index (χ1) is 16.6. The molecule has 1 heterocycles. The Morgan fingerprint density at radius 3 is 2.47 bits per heavy atom. The highest BCUT2D eigenvalue weighted by molar-refractivity contribution is 7.99. The molecule has 174 valence electrons. The Labute approximate surface area is 207 Å². The van der Waals surface area contributed by atoms with Crippen LogP contribution in [0.3, 0.4) is 0 Å². The average Bonchev–Trinajstić information content (AvgIpc) is 3.26. The lowest BCUT2D eigenvalue weighted by Crippen LogP contribution is -2.15. The first-order valence-corrected chi connectivity index (χ1v) is 11.8. The van der Waals surface area contributed by atoms with Crippen LogP contribution in [-0.4, -0.2) is 40.6 Å². The molecule has 34 heavy (non-hydrogen) atoms. The van der Waals surface area contributed by atoms with Crippen molar-refractivity contribution in [3.05, 3.63) is 89.2 Å². The minimum absolute atomic E-state index is 0.136. The van der Waals surface area contributed by atoms with Crippen LogP contribution in [0.1, 0.15) is 11.4 Å². The number of benzene rings is 3. The van der Waals surface area contributed by atoms with E-state index < -0.39 is 0 Å². The van der Waals surface area contributed by atoms with Gasteiger partial charge in [0.2, 0.25) is 5.91 Å². The second-order valence-electron chi connectivity index (χ2n) is 7.28. The normalized spacial score (nSPS) is 10.7. The second kappa shape index (κ2) is 11.1. The third-order valence-corrected chi connectivity index (χ3v) is 6.18. The van der Waals surface area contributed by atoms with Crippen molar-refractivity contribution in [3.63, 3.8) is 0 Å². The van der Waals surface area contributed by atoms with Crippen LogP contribution in [0.4, 0.5) is 5.69 Å². The van der Waals surface area contributed by atoms with Gasteiger partial charge in [-0.15, -0.1) is 10.2 Å². The second-order valence-corrected chi connectivity index (χ2v) is 8.66. The van der Waals surface area contributed by atoms with E-state index in [-0.39, 0.29) is 11.7 Å². The summed E-state index contributed by atoms with van der Waals surface area (Å²) in [6.07, 6.45) is 0.601. The quantitative estimate of drug-likeness (QED) is 0.320. The molecule has 0 saturated heterocycles. The molecule has 0 aliphatic heterocycles. The van der Waals surface area contributed by atoms with Crippen LogP contribution < -0.4 is 14.8 Å². The molecular formula is C25H23ClN4O3S. The molecule has 4 aromatic rings. The van der Waals surface area contributed by atoms with E-state index in [1.807, 2.05) is 59.2 Å². The summed E-state index contributed by atoms with van der Waals surface area (Å²) in [6, 6.07) is 22.7. The van der Waals surface area contributed by atoms with Crippen molar-refractivity contribution in [1.29, 1.82) is 0 Å². The van der Waals surface area contributed by atoms with Crippen LogP contribution in [0, 0.1) is 0 Å². The Morgan fingerprint density at radius 2 is 1.76 bits per heavy atom. The lowest BCUT2D eigenvalue weighted by molar-refractivity contribution is -0.113. The van der Waals surface area contributed by atoms with Crippen LogP contribution in [-0.2, 0) is 11.2 Å². The van der Waals surface area contributed by atoms with Crippen LogP contribution in [0.25, 0.3) is 5.69 Å². The summed E-state index contributed by atoms with van der Waals surface area (Å²) in [5, 5.41) is 12.9. The zero-order valence-electron chi connectivity index (χ0n) is 18.7. The Balaban J connectivity index is 1.55. The van der Waals surface area contributed by atoms with E-state index in [4.69, 9.17) is 21.1 Å². The molecule has 0 radical (unpaired) electrons. The smallest absolute Gasteiger partial charge is 0.234 e. The van der Waals surface area contributed by atoms with Gasteiger partial charge in [-0.05, 0) is 42.0 Å². The molecule has 1 aromatic heterocycles. The number of amides is 1. The van der Waals surface area contributed by atoms with E-state index in [0.717, 1.165) is 17.1 Å². The Bertz CT molecular complexity index is 1260. The van der Waals surface area contributed by atoms with Crippen molar-refractivity contribution in [2.45, 2.75) is 11.6 Å². The molecule has 0 aliphatic rings. The lowest BCUT2D eigenvalue weighted by atomic mass is 10.1. The number of hydrogen-bond donors (Lipinski definition) is 1. The summed E-state index contributed by atoms with van der Waals surface area (Å²) in [5.41, 5.74) is 2.53. The van der Waals surface area contributed by atoms with Crippen molar-refractivity contribution in [2.24, 2.45) is 0 Å². The Morgan fingerprint density at radius 1 is 1.00 bits per heavy atom. The molecule has 1 amide bonds. The summed E-state index contributed by atoms with van der Waals surface area (Å²) in [6.45, 7) is 0. The van der Waals surface area contributed by atoms with Crippen molar-refractivity contribution >= 4 is 35.0 Å². The topological polar surface area (TPSA) is 78.3 Å². The largest absolute Gasteiger partial charge is 0.497 e. The number of hydrogen-bond acceptors (Lipinski definition) is 6. The number of nitrogens with one attached hydrogen (secondary N) is 1. The number of aromatic nitrogens is 3. The zero-order chi connectivity index (χ0) is 23.9. The number of methoxy groups -OCH3 is 2. The van der Waals surface area contributed by atoms with Crippen LogP contribution in [0.2, 0.25) is 5.02 Å². The van der Waals surface area contributed by atoms with E-state index in [2.05, 4.69) is 15.5 Å². The molecule has 0 aliphatic carbocycles. The summed E-state index contributed by atoms with van der Waals surface area (Å²) >= 11 is 7.39. The van der Waals surface area contributed by atoms with Gasteiger partial charge in [-0.25, -0.2) is 0 Å². The molecule has 3 aromatic carbocycles. The highest BCUT2D eigenvalue weighted by atomic mass is 35.5. The number of ether oxygens (including phenoxy) is 2. The van der Waals surface area contributed by atoms with E-state index in [9.17, 15) is 4.79 Å². The van der Waals surface area contributed by atoms with Crippen LogP contribution in [0.5, 0.6) is 11.5 Å². The molecule has 0 atom stereocenters. The zero-order valence-corrected chi connectivity index (χ0v) is 20.3. The molecule has 9 heteroatoms. The third kappa shape index (κ3) is 5.70. The number of carbonyl (C=O) groups excluding carboxylic acids is 1. The molecule has 1 N–H and O–H groups in total. The first kappa shape index (κ1) is 23.7. The summed E-state index contributed by atoms with van der Waals surface area (Å²) < 4.78 is 12.5. The molecule has 4 rings (SSSR count). The lowest BCUT2D eigenvalue weighted by Gasteiger charge is -2.12. The SMILES string of the molecule is COc1ccc(OC)c(NC(=O)CSc2nnc(Cc3ccccc3)n2-c2ccc(Cl)cc2)c1. The Hall–Kier alpha value is -3.49. The fourth-order valence-corrected chi connectivity index (χ4v) is 4.26. The van der Waals surface area contributed by atoms with Gasteiger partial charge in [0.1, 0.15) is 17.3 Å². The van der Waals surface area contributed by atoms with E-state index >= 15 is 0 Å². The maximum absolute atomic E-state index is 12.7. The fraction of sp³-hybridized carbons (Fsp3) is 0.160. The number of carbonyl (C=O) groups is 1. The van der Waals surface area contributed by atoms with Gasteiger partial charge < -0.3 is 14.8 Å². The number of rotatable bonds is 9. The predicted octanol–water partition coefficient (Wildman–Crippen LogP) is 5.26. The average molecular weight is 495 g/mol. The Kier molecular flexibility index (Phi) is 7.72. The van der Waals surface area contributed by atoms with Gasteiger partial charge in [-0.1, -0.05) is 53.7 Å². The van der Waals surface area contributed by atoms with Gasteiger partial charge in [-0.3, -0.25) is 9.36 Å². The highest BCUT2D eigenvalue weighted by Gasteiger charge is 2.17. The maximum Gasteiger partial charge on any atom is 0.234 e. The number of halogens is 1. The molecule has 0 bridgehead atoms. The number of anilines is 1. The summed E-state index contributed by atoms with van der Waals surface area (Å²) in [7, 11) is 3.12. The molecular weight excluding hydrogens is 472 g/mol. The van der Waals surface area contributed by atoms with E-state index in [0.29, 0.717) is 33.8 Å². The number of nitrogens with zero attached hydrogens (tertiary/aromatic N) is 3. The summed E-state index contributed by atoms with van der Waals surface area (Å²) in [5.74, 6) is 1.88. The maximum atomic E-state index is 12.7. The molecule has 0 unspecified atom stereocenters. The number of thioether (sulfide) groups is 1. The molecule has 0 spiro atoms. The van der Waals surface area contributed by atoms with Crippen LogP contribution >= 0.6 is 23.4 Å². The standard InChI is InChI=1S/C25H23ClN4O3S/c1-32-20-12-13-22(33-2)21(15-20)27-24(31)16-34-25-29-28-23(14-17-6-4-3-5-7-17)30(25)19-10-8-18(26)9-11-19/h3-13,15H,14,16H2,1-2H3,(H,27,31).